The quantitative estimate of drug-likeness (QED) is 0.828. The summed E-state index contributed by atoms with van der Waals surface area (Å²) in [4.78, 5) is 2.76. The van der Waals surface area contributed by atoms with E-state index in [-0.39, 0.29) is 6.10 Å². The van der Waals surface area contributed by atoms with Gasteiger partial charge in [0.25, 0.3) is 0 Å². The average molecular weight is 379 g/mol. The predicted octanol–water partition coefficient (Wildman–Crippen LogP) is 3.86. The third-order valence-corrected chi connectivity index (χ3v) is 6.56. The van der Waals surface area contributed by atoms with Crippen LogP contribution in [-0.2, 0) is 6.54 Å². The molecule has 1 N–H and O–H groups in total. The van der Waals surface area contributed by atoms with E-state index >= 15 is 0 Å². The van der Waals surface area contributed by atoms with Crippen molar-refractivity contribution in [2.24, 2.45) is 5.92 Å². The van der Waals surface area contributed by atoms with Crippen molar-refractivity contribution < 1.29 is 9.47 Å². The maximum Gasteiger partial charge on any atom is 0.161 e. The smallest absolute Gasteiger partial charge is 0.161 e. The Hall–Kier alpha value is -2.04. The van der Waals surface area contributed by atoms with Crippen LogP contribution in [0.5, 0.6) is 11.5 Å². The molecule has 4 nitrogen and oxygen atoms in total. The largest absolute Gasteiger partial charge is 0.486 e. The molecule has 0 spiro atoms. The number of hydrogen-bond acceptors (Lipinski definition) is 4. The Morgan fingerprint density at radius 2 is 1.57 bits per heavy atom. The van der Waals surface area contributed by atoms with Crippen molar-refractivity contribution in [2.45, 2.75) is 50.4 Å². The highest BCUT2D eigenvalue weighted by Gasteiger charge is 2.40. The standard InChI is InChI=1S/C24H30N2O2/c1-2-6-18(7-3-1)16-26-20-10-11-21(26)13-19(12-20)14-25-15-22-17-27-23-8-4-5-9-24(23)28-22/h1-9,19-22,25H,10-17H2/t19-,20-,21+,22?. The van der Waals surface area contributed by atoms with E-state index in [9.17, 15) is 0 Å². The molecule has 0 radical (unpaired) electrons. The van der Waals surface area contributed by atoms with Crippen LogP contribution < -0.4 is 14.8 Å². The Labute approximate surface area is 167 Å². The van der Waals surface area contributed by atoms with Gasteiger partial charge in [-0.2, -0.15) is 0 Å². The maximum absolute atomic E-state index is 6.06. The van der Waals surface area contributed by atoms with E-state index in [2.05, 4.69) is 40.5 Å². The highest BCUT2D eigenvalue weighted by atomic mass is 16.6. The molecule has 4 atom stereocenters. The van der Waals surface area contributed by atoms with Gasteiger partial charge in [0.1, 0.15) is 12.7 Å². The maximum atomic E-state index is 6.06. The summed E-state index contributed by atoms with van der Waals surface area (Å²) in [6.07, 6.45) is 5.47. The van der Waals surface area contributed by atoms with Crippen LogP contribution in [0.25, 0.3) is 0 Å². The molecular weight excluding hydrogens is 348 g/mol. The van der Waals surface area contributed by atoms with Gasteiger partial charge in [0, 0.05) is 25.2 Å². The SMILES string of the molecule is c1ccc(CN2[C@@H]3CC[C@H]2C[C@H](CNCC2COc4ccccc4O2)C3)cc1. The lowest BCUT2D eigenvalue weighted by Gasteiger charge is -2.39. The van der Waals surface area contributed by atoms with Gasteiger partial charge in [0.2, 0.25) is 0 Å². The van der Waals surface area contributed by atoms with Crippen LogP contribution in [0.4, 0.5) is 0 Å². The van der Waals surface area contributed by atoms with Gasteiger partial charge in [-0.05, 0) is 55.8 Å². The first-order chi connectivity index (χ1) is 13.8. The Morgan fingerprint density at radius 1 is 0.857 bits per heavy atom. The molecule has 2 fully saturated rings. The molecule has 3 aliphatic rings. The molecule has 28 heavy (non-hydrogen) atoms. The fourth-order valence-corrected chi connectivity index (χ4v) is 5.22. The molecule has 148 valence electrons. The van der Waals surface area contributed by atoms with E-state index in [4.69, 9.17) is 9.47 Å². The second-order valence-electron chi connectivity index (χ2n) is 8.54. The van der Waals surface area contributed by atoms with Crippen molar-refractivity contribution in [2.75, 3.05) is 19.7 Å². The number of hydrogen-bond donors (Lipinski definition) is 1. The first kappa shape index (κ1) is 18.0. The molecule has 0 aliphatic carbocycles. The zero-order chi connectivity index (χ0) is 18.8. The second kappa shape index (κ2) is 8.14. The normalized spacial score (nSPS) is 29.0. The van der Waals surface area contributed by atoms with Crippen molar-refractivity contribution in [3.05, 3.63) is 60.2 Å². The van der Waals surface area contributed by atoms with Crippen molar-refractivity contribution >= 4 is 0 Å². The molecule has 2 bridgehead atoms. The molecule has 3 heterocycles. The van der Waals surface area contributed by atoms with E-state index in [1.807, 2.05) is 24.3 Å². The second-order valence-corrected chi connectivity index (χ2v) is 8.54. The van der Waals surface area contributed by atoms with Crippen LogP contribution in [0, 0.1) is 5.92 Å². The number of para-hydroxylation sites is 2. The minimum atomic E-state index is 0.102. The highest BCUT2D eigenvalue weighted by Crippen LogP contribution is 2.39. The van der Waals surface area contributed by atoms with Crippen LogP contribution in [0.1, 0.15) is 31.2 Å². The Balaban J connectivity index is 1.09. The van der Waals surface area contributed by atoms with Crippen molar-refractivity contribution in [1.82, 2.24) is 10.2 Å². The topological polar surface area (TPSA) is 33.7 Å². The molecule has 4 heteroatoms. The van der Waals surface area contributed by atoms with E-state index in [1.165, 1.54) is 31.2 Å². The number of fused-ring (bicyclic) bond motifs is 3. The van der Waals surface area contributed by atoms with Gasteiger partial charge in [-0.3, -0.25) is 4.90 Å². The lowest BCUT2D eigenvalue weighted by Crippen LogP contribution is -2.46. The highest BCUT2D eigenvalue weighted by molar-refractivity contribution is 5.40. The van der Waals surface area contributed by atoms with Gasteiger partial charge < -0.3 is 14.8 Å². The first-order valence-corrected chi connectivity index (χ1v) is 10.7. The zero-order valence-corrected chi connectivity index (χ0v) is 16.4. The monoisotopic (exact) mass is 378 g/mol. The van der Waals surface area contributed by atoms with Crippen LogP contribution in [0.3, 0.4) is 0 Å². The van der Waals surface area contributed by atoms with Gasteiger partial charge in [0.05, 0.1) is 0 Å². The van der Waals surface area contributed by atoms with Gasteiger partial charge in [-0.25, -0.2) is 0 Å². The summed E-state index contributed by atoms with van der Waals surface area (Å²) >= 11 is 0. The van der Waals surface area contributed by atoms with E-state index in [0.29, 0.717) is 6.61 Å². The van der Waals surface area contributed by atoms with Gasteiger partial charge >= 0.3 is 0 Å². The lowest BCUT2D eigenvalue weighted by molar-refractivity contribution is 0.0799. The molecule has 2 aromatic rings. The number of benzene rings is 2. The fourth-order valence-electron chi connectivity index (χ4n) is 5.22. The third kappa shape index (κ3) is 3.89. The number of nitrogens with one attached hydrogen (secondary N) is 1. The summed E-state index contributed by atoms with van der Waals surface area (Å²) in [7, 11) is 0. The number of rotatable bonds is 6. The minimum Gasteiger partial charge on any atom is -0.486 e. The molecule has 0 amide bonds. The fraction of sp³-hybridized carbons (Fsp3) is 0.500. The Morgan fingerprint density at radius 3 is 2.36 bits per heavy atom. The van der Waals surface area contributed by atoms with E-state index in [0.717, 1.165) is 49.1 Å². The third-order valence-electron chi connectivity index (χ3n) is 6.56. The molecule has 1 unspecified atom stereocenters. The molecule has 3 aliphatic heterocycles. The molecule has 2 aromatic carbocycles. The first-order valence-electron chi connectivity index (χ1n) is 10.7. The van der Waals surface area contributed by atoms with E-state index in [1.54, 1.807) is 0 Å². The molecular formula is C24H30N2O2. The molecule has 0 aromatic heterocycles. The molecule has 2 saturated heterocycles. The Kier molecular flexibility index (Phi) is 5.24. The van der Waals surface area contributed by atoms with Gasteiger partial charge in [0.15, 0.2) is 11.5 Å². The minimum absolute atomic E-state index is 0.102. The summed E-state index contributed by atoms with van der Waals surface area (Å²) in [5.74, 6) is 2.51. The molecule has 0 saturated carbocycles. The number of nitrogens with zero attached hydrogens (tertiary/aromatic N) is 1. The van der Waals surface area contributed by atoms with Gasteiger partial charge in [-0.15, -0.1) is 0 Å². The number of ether oxygens (including phenoxy) is 2. The van der Waals surface area contributed by atoms with Crippen LogP contribution in [0.15, 0.2) is 54.6 Å². The van der Waals surface area contributed by atoms with Crippen LogP contribution in [0.2, 0.25) is 0 Å². The summed E-state index contributed by atoms with van der Waals surface area (Å²) < 4.78 is 11.9. The lowest BCUT2D eigenvalue weighted by atomic mass is 9.90. The van der Waals surface area contributed by atoms with Crippen molar-refractivity contribution in [3.8, 4) is 11.5 Å². The summed E-state index contributed by atoms with van der Waals surface area (Å²) in [5.41, 5.74) is 1.45. The zero-order valence-electron chi connectivity index (χ0n) is 16.4. The molecule has 5 rings (SSSR count). The predicted molar refractivity (Wildman–Crippen MR) is 111 cm³/mol. The van der Waals surface area contributed by atoms with E-state index < -0.39 is 0 Å². The summed E-state index contributed by atoms with van der Waals surface area (Å²) in [6, 6.07) is 20.4. The van der Waals surface area contributed by atoms with Crippen LogP contribution >= 0.6 is 0 Å². The van der Waals surface area contributed by atoms with Crippen LogP contribution in [-0.4, -0.2) is 42.8 Å². The summed E-state index contributed by atoms with van der Waals surface area (Å²) in [6.45, 7) is 3.69. The van der Waals surface area contributed by atoms with Gasteiger partial charge in [-0.1, -0.05) is 42.5 Å². The average Bonchev–Trinajstić information content (AvgIpc) is 2.96. The summed E-state index contributed by atoms with van der Waals surface area (Å²) in [5, 5.41) is 3.67. The number of piperidine rings is 1. The Bertz CT molecular complexity index is 767. The van der Waals surface area contributed by atoms with Crippen molar-refractivity contribution in [3.63, 3.8) is 0 Å². The van der Waals surface area contributed by atoms with Crippen molar-refractivity contribution in [1.29, 1.82) is 0 Å².